The maximum absolute atomic E-state index is 3.59. The van der Waals surface area contributed by atoms with Crippen LogP contribution >= 0.6 is 31.9 Å². The van der Waals surface area contributed by atoms with Crippen molar-refractivity contribution in [3.8, 4) is 0 Å². The molecule has 0 atom stereocenters. The fraction of sp³-hybridized carbons (Fsp3) is 0.400. The van der Waals surface area contributed by atoms with Gasteiger partial charge in [0.2, 0.25) is 0 Å². The van der Waals surface area contributed by atoms with E-state index in [1.54, 1.807) is 0 Å². The standard InChI is InChI=1S/C10H10Br2/c11-7-10(5-6-10)8-3-1-2-4-9(8)12/h1-4H,5-7H2. The smallest absolute Gasteiger partial charge is 0.0213 e. The summed E-state index contributed by atoms with van der Waals surface area (Å²) in [6, 6.07) is 8.52. The van der Waals surface area contributed by atoms with Gasteiger partial charge < -0.3 is 0 Å². The Kier molecular flexibility index (Phi) is 2.30. The maximum Gasteiger partial charge on any atom is 0.0213 e. The van der Waals surface area contributed by atoms with Crippen LogP contribution in [-0.4, -0.2) is 5.33 Å². The summed E-state index contributed by atoms with van der Waals surface area (Å²) in [5.41, 5.74) is 1.90. The second-order valence-corrected chi connectivity index (χ2v) is 4.81. The zero-order chi connectivity index (χ0) is 8.60. The molecule has 0 amide bonds. The lowest BCUT2D eigenvalue weighted by Gasteiger charge is -2.13. The normalized spacial score (nSPS) is 19.2. The first kappa shape index (κ1) is 8.76. The molecule has 0 bridgehead atoms. The van der Waals surface area contributed by atoms with Gasteiger partial charge in [0.25, 0.3) is 0 Å². The van der Waals surface area contributed by atoms with Gasteiger partial charge in [-0.15, -0.1) is 0 Å². The molecule has 1 fully saturated rings. The zero-order valence-corrected chi connectivity index (χ0v) is 9.86. The van der Waals surface area contributed by atoms with Crippen molar-refractivity contribution in [2.45, 2.75) is 18.3 Å². The molecular formula is C10H10Br2. The molecule has 1 aromatic carbocycles. The Hall–Kier alpha value is 0.180. The molecule has 1 aromatic rings. The Morgan fingerprint density at radius 1 is 1.25 bits per heavy atom. The predicted molar refractivity (Wildman–Crippen MR) is 58.8 cm³/mol. The predicted octanol–water partition coefficient (Wildman–Crippen LogP) is 3.88. The molecule has 1 saturated carbocycles. The first-order chi connectivity index (χ1) is 5.78. The Morgan fingerprint density at radius 3 is 2.42 bits per heavy atom. The molecule has 2 heteroatoms. The Morgan fingerprint density at radius 2 is 1.92 bits per heavy atom. The topological polar surface area (TPSA) is 0 Å². The molecule has 12 heavy (non-hydrogen) atoms. The van der Waals surface area contributed by atoms with Crippen LogP contribution in [0.25, 0.3) is 0 Å². The van der Waals surface area contributed by atoms with E-state index in [0.29, 0.717) is 5.41 Å². The van der Waals surface area contributed by atoms with E-state index in [1.165, 1.54) is 22.9 Å². The van der Waals surface area contributed by atoms with Gasteiger partial charge in [0.05, 0.1) is 0 Å². The maximum atomic E-state index is 3.59. The molecule has 0 saturated heterocycles. The molecule has 0 heterocycles. The number of rotatable bonds is 2. The lowest BCUT2D eigenvalue weighted by molar-refractivity contribution is 0.804. The summed E-state index contributed by atoms with van der Waals surface area (Å²) < 4.78 is 1.25. The summed E-state index contributed by atoms with van der Waals surface area (Å²) in [6.07, 6.45) is 2.64. The quantitative estimate of drug-likeness (QED) is 0.725. The highest BCUT2D eigenvalue weighted by Gasteiger charge is 2.44. The molecule has 1 aliphatic carbocycles. The molecule has 0 unspecified atom stereocenters. The summed E-state index contributed by atoms with van der Waals surface area (Å²) in [4.78, 5) is 0. The number of alkyl halides is 1. The van der Waals surface area contributed by atoms with Crippen molar-refractivity contribution in [2.75, 3.05) is 5.33 Å². The summed E-state index contributed by atoms with van der Waals surface area (Å²) >= 11 is 7.18. The third kappa shape index (κ3) is 1.35. The van der Waals surface area contributed by atoms with Gasteiger partial charge in [-0.25, -0.2) is 0 Å². The highest BCUT2D eigenvalue weighted by molar-refractivity contribution is 9.10. The summed E-state index contributed by atoms with van der Waals surface area (Å²) in [5, 5.41) is 1.09. The molecule has 64 valence electrons. The molecule has 0 radical (unpaired) electrons. The van der Waals surface area contributed by atoms with Crippen molar-refractivity contribution in [3.05, 3.63) is 34.3 Å². The van der Waals surface area contributed by atoms with Crippen LogP contribution in [0.3, 0.4) is 0 Å². The molecule has 0 nitrogen and oxygen atoms in total. The van der Waals surface area contributed by atoms with Gasteiger partial charge in [0.15, 0.2) is 0 Å². The van der Waals surface area contributed by atoms with Gasteiger partial charge >= 0.3 is 0 Å². The number of hydrogen-bond donors (Lipinski definition) is 0. The molecule has 0 aliphatic heterocycles. The van der Waals surface area contributed by atoms with E-state index in [-0.39, 0.29) is 0 Å². The highest BCUT2D eigenvalue weighted by Crippen LogP contribution is 2.51. The van der Waals surface area contributed by atoms with Gasteiger partial charge in [-0.05, 0) is 24.5 Å². The molecule has 1 aliphatic rings. The second-order valence-electron chi connectivity index (χ2n) is 3.39. The minimum atomic E-state index is 0.445. The number of benzene rings is 1. The van der Waals surface area contributed by atoms with E-state index in [9.17, 15) is 0 Å². The SMILES string of the molecule is BrCC1(c2ccccc2Br)CC1. The van der Waals surface area contributed by atoms with Crippen LogP contribution in [0.1, 0.15) is 18.4 Å². The monoisotopic (exact) mass is 288 g/mol. The molecule has 0 N–H and O–H groups in total. The second kappa shape index (κ2) is 3.15. The largest absolute Gasteiger partial charge is 0.0918 e. The van der Waals surface area contributed by atoms with Crippen LogP contribution in [0.2, 0.25) is 0 Å². The third-order valence-electron chi connectivity index (χ3n) is 2.55. The minimum Gasteiger partial charge on any atom is -0.0918 e. The van der Waals surface area contributed by atoms with Crippen LogP contribution in [0.4, 0.5) is 0 Å². The van der Waals surface area contributed by atoms with Gasteiger partial charge in [0.1, 0.15) is 0 Å². The molecular weight excluding hydrogens is 280 g/mol. The van der Waals surface area contributed by atoms with Crippen molar-refractivity contribution >= 4 is 31.9 Å². The van der Waals surface area contributed by atoms with Gasteiger partial charge in [0, 0.05) is 15.2 Å². The van der Waals surface area contributed by atoms with Crippen LogP contribution in [0, 0.1) is 0 Å². The average molecular weight is 290 g/mol. The van der Waals surface area contributed by atoms with E-state index in [2.05, 4.69) is 56.1 Å². The van der Waals surface area contributed by atoms with Crippen molar-refractivity contribution in [1.82, 2.24) is 0 Å². The zero-order valence-electron chi connectivity index (χ0n) is 6.69. The average Bonchev–Trinajstić information content (AvgIpc) is 2.86. The lowest BCUT2D eigenvalue weighted by Crippen LogP contribution is -2.08. The van der Waals surface area contributed by atoms with Crippen molar-refractivity contribution in [3.63, 3.8) is 0 Å². The van der Waals surface area contributed by atoms with E-state index < -0.39 is 0 Å². The van der Waals surface area contributed by atoms with Crippen molar-refractivity contribution < 1.29 is 0 Å². The fourth-order valence-corrected chi connectivity index (χ4v) is 3.09. The van der Waals surface area contributed by atoms with Gasteiger partial charge in [-0.2, -0.15) is 0 Å². The van der Waals surface area contributed by atoms with Gasteiger partial charge in [-0.1, -0.05) is 50.1 Å². The first-order valence-electron chi connectivity index (χ1n) is 4.09. The van der Waals surface area contributed by atoms with E-state index in [1.807, 2.05) is 0 Å². The molecule has 0 aromatic heterocycles. The molecule has 2 rings (SSSR count). The van der Waals surface area contributed by atoms with Crippen molar-refractivity contribution in [1.29, 1.82) is 0 Å². The van der Waals surface area contributed by atoms with Crippen LogP contribution in [0.5, 0.6) is 0 Å². The third-order valence-corrected chi connectivity index (χ3v) is 4.32. The van der Waals surface area contributed by atoms with Crippen LogP contribution in [0.15, 0.2) is 28.7 Å². The van der Waals surface area contributed by atoms with Crippen molar-refractivity contribution in [2.24, 2.45) is 0 Å². The van der Waals surface area contributed by atoms with E-state index in [0.717, 1.165) is 5.33 Å². The Balaban J connectivity index is 2.40. The Bertz CT molecular complexity index is 290. The number of halogens is 2. The minimum absolute atomic E-state index is 0.445. The summed E-state index contributed by atoms with van der Waals surface area (Å²) in [5.74, 6) is 0. The summed E-state index contributed by atoms with van der Waals surface area (Å²) in [7, 11) is 0. The first-order valence-corrected chi connectivity index (χ1v) is 6.01. The lowest BCUT2D eigenvalue weighted by atomic mass is 9.99. The molecule has 0 spiro atoms. The number of hydrogen-bond acceptors (Lipinski definition) is 0. The fourth-order valence-electron chi connectivity index (χ4n) is 1.52. The van der Waals surface area contributed by atoms with Gasteiger partial charge in [-0.3, -0.25) is 0 Å². The highest BCUT2D eigenvalue weighted by atomic mass is 79.9. The Labute approximate surface area is 89.6 Å². The van der Waals surface area contributed by atoms with Crippen LogP contribution in [-0.2, 0) is 5.41 Å². The van der Waals surface area contributed by atoms with Crippen LogP contribution < -0.4 is 0 Å². The van der Waals surface area contributed by atoms with E-state index >= 15 is 0 Å². The summed E-state index contributed by atoms with van der Waals surface area (Å²) in [6.45, 7) is 0. The van der Waals surface area contributed by atoms with E-state index in [4.69, 9.17) is 0 Å².